The number of ether oxygens (including phenoxy) is 2. The highest BCUT2D eigenvalue weighted by molar-refractivity contribution is 5.91. The average molecular weight is 507 g/mol. The van der Waals surface area contributed by atoms with Crippen LogP contribution in [0.15, 0.2) is 11.6 Å². The summed E-state index contributed by atoms with van der Waals surface area (Å²) in [6, 6.07) is 0. The molecule has 5 aliphatic rings. The van der Waals surface area contributed by atoms with E-state index in [0.717, 1.165) is 31.3 Å². The van der Waals surface area contributed by atoms with E-state index in [1.807, 2.05) is 0 Å². The lowest BCUT2D eigenvalue weighted by Crippen LogP contribution is -2.63. The molecule has 1 heterocycles. The first-order valence-electron chi connectivity index (χ1n) is 13.2. The summed E-state index contributed by atoms with van der Waals surface area (Å²) in [6.45, 7) is 5.97. The van der Waals surface area contributed by atoms with Crippen molar-refractivity contribution in [2.75, 3.05) is 0 Å². The van der Waals surface area contributed by atoms with Gasteiger partial charge in [-0.2, -0.15) is 0 Å². The van der Waals surface area contributed by atoms with Crippen molar-refractivity contribution in [3.8, 4) is 0 Å². The zero-order valence-corrected chi connectivity index (χ0v) is 21.1. The number of allylic oxidation sites excluding steroid dienone is 1. The van der Waals surface area contributed by atoms with E-state index in [4.69, 9.17) is 9.47 Å². The minimum absolute atomic E-state index is 0.0162. The molecule has 0 aromatic carbocycles. The number of carbonyl (C=O) groups is 3. The molecule has 0 aromatic heterocycles. The highest BCUT2D eigenvalue weighted by Gasteiger charge is 2.64. The Morgan fingerprint density at radius 3 is 2.44 bits per heavy atom. The number of aliphatic carboxylic acids is 1. The molecule has 1 saturated heterocycles. The Hall–Kier alpha value is -1.65. The van der Waals surface area contributed by atoms with Crippen LogP contribution in [-0.2, 0) is 23.9 Å². The largest absolute Gasteiger partial charge is 0.479 e. The highest BCUT2D eigenvalue weighted by Crippen LogP contribution is 2.67. The third-order valence-electron chi connectivity index (χ3n) is 10.5. The lowest BCUT2D eigenvalue weighted by molar-refractivity contribution is -0.320. The van der Waals surface area contributed by atoms with Gasteiger partial charge >= 0.3 is 5.97 Å². The predicted molar refractivity (Wildman–Crippen MR) is 125 cm³/mol. The molecule has 0 radical (unpaired) electrons. The van der Waals surface area contributed by atoms with Crippen LogP contribution in [0, 0.1) is 34.5 Å². The molecule has 5 rings (SSSR count). The maximum atomic E-state index is 12.7. The molecule has 1 aliphatic heterocycles. The monoisotopic (exact) mass is 506 g/mol. The number of aliphatic hydroxyl groups is 3. The fourth-order valence-corrected chi connectivity index (χ4v) is 8.78. The summed E-state index contributed by atoms with van der Waals surface area (Å²) >= 11 is 0. The molecule has 0 bridgehead atoms. The lowest BCUT2D eigenvalue weighted by Gasteiger charge is -2.61. The van der Waals surface area contributed by atoms with Crippen molar-refractivity contribution in [2.45, 2.75) is 103 Å². The predicted octanol–water partition coefficient (Wildman–Crippen LogP) is 1.61. The van der Waals surface area contributed by atoms with Crippen LogP contribution in [0.3, 0.4) is 0 Å². The molecule has 0 amide bonds. The quantitative estimate of drug-likeness (QED) is 0.446. The number of carboxylic acids is 1. The molecule has 2 unspecified atom stereocenters. The minimum Gasteiger partial charge on any atom is -0.479 e. The number of ketones is 2. The zero-order chi connectivity index (χ0) is 26.2. The Bertz CT molecular complexity index is 976. The molecule has 4 aliphatic carbocycles. The molecule has 4 fully saturated rings. The van der Waals surface area contributed by atoms with E-state index < -0.39 is 42.8 Å². The van der Waals surface area contributed by atoms with Gasteiger partial charge in [0.05, 0.1) is 6.10 Å². The zero-order valence-electron chi connectivity index (χ0n) is 21.1. The van der Waals surface area contributed by atoms with Gasteiger partial charge in [0.15, 0.2) is 18.2 Å². The van der Waals surface area contributed by atoms with Gasteiger partial charge in [-0.3, -0.25) is 9.59 Å². The van der Waals surface area contributed by atoms with Gasteiger partial charge in [-0.05, 0) is 80.1 Å². The van der Waals surface area contributed by atoms with Gasteiger partial charge < -0.3 is 29.9 Å². The molecule has 12 atom stereocenters. The highest BCUT2D eigenvalue weighted by atomic mass is 16.7. The molecule has 4 N–H and O–H groups in total. The standard InChI is InChI=1S/C27H38O9/c1-12(28)16-6-7-17-15-5-4-13-10-14(29)8-9-26(13,2)19(15)18(11-27(16,17)3)35-25-22(32)20(30)21(31)23(36-25)24(33)34/h10,15-23,25,30-32H,4-9,11H2,1-3H3,(H,33,34)/t15-,16+,17-,18?,19+,20-,21-,22+,23-,25?,26-,27+/m0/s1. The first kappa shape index (κ1) is 26.0. The molecular weight excluding hydrogens is 468 g/mol. The maximum absolute atomic E-state index is 12.7. The van der Waals surface area contributed by atoms with Crippen molar-refractivity contribution in [3.05, 3.63) is 11.6 Å². The van der Waals surface area contributed by atoms with Gasteiger partial charge in [0, 0.05) is 12.3 Å². The molecule has 200 valence electrons. The average Bonchev–Trinajstić information content (AvgIpc) is 3.16. The van der Waals surface area contributed by atoms with Gasteiger partial charge in [-0.25, -0.2) is 4.79 Å². The molecule has 0 spiro atoms. The van der Waals surface area contributed by atoms with Crippen LogP contribution in [0.4, 0.5) is 0 Å². The molecule has 3 saturated carbocycles. The lowest BCUT2D eigenvalue weighted by atomic mass is 9.46. The smallest absolute Gasteiger partial charge is 0.335 e. The van der Waals surface area contributed by atoms with Crippen LogP contribution in [-0.4, -0.2) is 74.8 Å². The van der Waals surface area contributed by atoms with E-state index >= 15 is 0 Å². The Balaban J connectivity index is 1.53. The summed E-state index contributed by atoms with van der Waals surface area (Å²) in [5.41, 5.74) is 0.493. The van der Waals surface area contributed by atoms with Crippen molar-refractivity contribution in [2.24, 2.45) is 34.5 Å². The Labute approximate surface area is 210 Å². The molecule has 9 nitrogen and oxygen atoms in total. The Morgan fingerprint density at radius 1 is 1.06 bits per heavy atom. The fourth-order valence-electron chi connectivity index (χ4n) is 8.78. The summed E-state index contributed by atoms with van der Waals surface area (Å²) in [4.78, 5) is 36.6. The second kappa shape index (κ2) is 8.98. The third kappa shape index (κ3) is 3.81. The topological polar surface area (TPSA) is 151 Å². The number of aliphatic hydroxyl groups excluding tert-OH is 3. The summed E-state index contributed by atoms with van der Waals surface area (Å²) in [5.74, 6) is -0.737. The number of carbonyl (C=O) groups excluding carboxylic acids is 2. The van der Waals surface area contributed by atoms with E-state index in [1.165, 1.54) is 0 Å². The Morgan fingerprint density at radius 2 is 1.78 bits per heavy atom. The van der Waals surface area contributed by atoms with E-state index in [0.29, 0.717) is 25.2 Å². The summed E-state index contributed by atoms with van der Waals surface area (Å²) in [7, 11) is 0. The second-order valence-electron chi connectivity index (χ2n) is 12.2. The number of carboxylic acid groups (broad SMARTS) is 1. The molecule has 9 heteroatoms. The van der Waals surface area contributed by atoms with Crippen molar-refractivity contribution in [1.82, 2.24) is 0 Å². The van der Waals surface area contributed by atoms with Crippen LogP contribution in [0.2, 0.25) is 0 Å². The van der Waals surface area contributed by atoms with Crippen molar-refractivity contribution in [3.63, 3.8) is 0 Å². The van der Waals surface area contributed by atoms with E-state index in [-0.39, 0.29) is 40.2 Å². The van der Waals surface area contributed by atoms with E-state index in [2.05, 4.69) is 13.8 Å². The normalized spacial score (nSPS) is 50.5. The minimum atomic E-state index is -1.79. The van der Waals surface area contributed by atoms with Gasteiger partial charge in [0.25, 0.3) is 0 Å². The Kier molecular flexibility index (Phi) is 6.48. The van der Waals surface area contributed by atoms with Crippen LogP contribution in [0.5, 0.6) is 0 Å². The van der Waals surface area contributed by atoms with Crippen LogP contribution in [0.25, 0.3) is 0 Å². The number of hydrogen-bond donors (Lipinski definition) is 4. The van der Waals surface area contributed by atoms with Crippen molar-refractivity contribution in [1.29, 1.82) is 0 Å². The first-order chi connectivity index (χ1) is 16.9. The van der Waals surface area contributed by atoms with E-state index in [9.17, 15) is 34.8 Å². The molecule has 0 aromatic rings. The molecular formula is C27H38O9. The second-order valence-corrected chi connectivity index (χ2v) is 12.2. The molecule has 36 heavy (non-hydrogen) atoms. The number of rotatable bonds is 4. The van der Waals surface area contributed by atoms with E-state index in [1.54, 1.807) is 13.0 Å². The first-order valence-corrected chi connectivity index (χ1v) is 13.2. The number of hydrogen-bond acceptors (Lipinski definition) is 8. The van der Waals surface area contributed by atoms with Crippen LogP contribution >= 0.6 is 0 Å². The van der Waals surface area contributed by atoms with Gasteiger partial charge in [-0.1, -0.05) is 19.4 Å². The van der Waals surface area contributed by atoms with Gasteiger partial charge in [0.2, 0.25) is 0 Å². The fraction of sp³-hybridized carbons (Fsp3) is 0.815. The van der Waals surface area contributed by atoms with Crippen LogP contribution < -0.4 is 0 Å². The summed E-state index contributed by atoms with van der Waals surface area (Å²) < 4.78 is 11.9. The number of Topliss-reactive ketones (excluding diaryl/α,β-unsaturated/α-hetero) is 1. The third-order valence-corrected chi connectivity index (χ3v) is 10.5. The number of fused-ring (bicyclic) bond motifs is 5. The van der Waals surface area contributed by atoms with Crippen LogP contribution in [0.1, 0.15) is 65.7 Å². The van der Waals surface area contributed by atoms with Gasteiger partial charge in [0.1, 0.15) is 24.1 Å². The summed E-state index contributed by atoms with van der Waals surface area (Å²) in [5, 5.41) is 40.7. The van der Waals surface area contributed by atoms with Crippen molar-refractivity contribution < 1.29 is 44.3 Å². The maximum Gasteiger partial charge on any atom is 0.335 e. The summed E-state index contributed by atoms with van der Waals surface area (Å²) in [6.07, 6.45) is -1.93. The van der Waals surface area contributed by atoms with Gasteiger partial charge in [-0.15, -0.1) is 0 Å². The van der Waals surface area contributed by atoms with Crippen molar-refractivity contribution >= 4 is 17.5 Å². The SMILES string of the molecule is CC(=O)[C@H]1CC[C@H]2[C@@H]3CCC4=CC(=O)CC[C@]4(C)[C@H]3C(OC3O[C@H](C(=O)O)[C@@H](O)[C@H](O)[C@H]3O)C[C@]12C.